The van der Waals surface area contributed by atoms with E-state index in [0.29, 0.717) is 0 Å². The largest absolute Gasteiger partial charge is 0.461 e. The molecule has 0 amide bonds. The van der Waals surface area contributed by atoms with Crippen LogP contribution >= 0.6 is 0 Å². The summed E-state index contributed by atoms with van der Waals surface area (Å²) >= 11 is 0. The van der Waals surface area contributed by atoms with Crippen molar-refractivity contribution in [2.75, 3.05) is 13.2 Å². The molecule has 8 heteroatoms. The van der Waals surface area contributed by atoms with E-state index >= 15 is 0 Å². The van der Waals surface area contributed by atoms with Gasteiger partial charge in [0.2, 0.25) is 0 Å². The molecule has 0 aliphatic carbocycles. The smallest absolute Gasteiger partial charge is 0.353 e. The van der Waals surface area contributed by atoms with Crippen molar-refractivity contribution in [3.8, 4) is 6.01 Å². The summed E-state index contributed by atoms with van der Waals surface area (Å²) in [7, 11) is 0. The lowest BCUT2D eigenvalue weighted by Crippen LogP contribution is -2.26. The highest BCUT2D eigenvalue weighted by molar-refractivity contribution is 5.86. The number of esters is 1. The number of aromatic nitrogens is 3. The van der Waals surface area contributed by atoms with E-state index in [1.165, 1.54) is 6.92 Å². The number of rotatable bonds is 5. The van der Waals surface area contributed by atoms with Gasteiger partial charge >= 0.3 is 23.4 Å². The van der Waals surface area contributed by atoms with Gasteiger partial charge in [0.15, 0.2) is 0 Å². The lowest BCUT2D eigenvalue weighted by molar-refractivity contribution is -0.139. The van der Waals surface area contributed by atoms with Gasteiger partial charge in [-0.2, -0.15) is 0 Å². The molecule has 1 aromatic rings. The first-order valence-electron chi connectivity index (χ1n) is 4.65. The van der Waals surface area contributed by atoms with Crippen LogP contribution in [-0.4, -0.2) is 34.1 Å². The zero-order chi connectivity index (χ0) is 12.8. The van der Waals surface area contributed by atoms with Crippen LogP contribution in [0.2, 0.25) is 0 Å². The molecule has 92 valence electrons. The molecule has 0 bridgehead atoms. The van der Waals surface area contributed by atoms with E-state index in [4.69, 9.17) is 9.47 Å². The maximum Gasteiger partial charge on any atom is 0.353 e. The van der Waals surface area contributed by atoms with Crippen LogP contribution in [0.5, 0.6) is 6.01 Å². The molecule has 1 aromatic heterocycles. The van der Waals surface area contributed by atoms with E-state index < -0.39 is 17.3 Å². The van der Waals surface area contributed by atoms with Crippen molar-refractivity contribution >= 4 is 5.97 Å². The van der Waals surface area contributed by atoms with Gasteiger partial charge in [0, 0.05) is 5.57 Å². The standard InChI is InChI=1S/C9H11N3O5/c1-5(2)6(13)16-3-4-17-9-11-7(14)10-8(15)12-9/h1,3-4H2,2H3,(H2,10,11,12,14,15). The third-order valence-electron chi connectivity index (χ3n) is 1.55. The minimum absolute atomic E-state index is 0.0363. The minimum atomic E-state index is -0.817. The Labute approximate surface area is 95.3 Å². The van der Waals surface area contributed by atoms with Gasteiger partial charge in [0.1, 0.15) is 13.2 Å². The molecule has 8 nitrogen and oxygen atoms in total. The van der Waals surface area contributed by atoms with Crippen LogP contribution in [0.15, 0.2) is 21.7 Å². The molecular weight excluding hydrogens is 230 g/mol. The zero-order valence-electron chi connectivity index (χ0n) is 9.11. The van der Waals surface area contributed by atoms with Crippen LogP contribution in [0.25, 0.3) is 0 Å². The number of carbonyl (C=O) groups excluding carboxylic acids is 1. The van der Waals surface area contributed by atoms with Crippen molar-refractivity contribution in [1.29, 1.82) is 0 Å². The third kappa shape index (κ3) is 4.33. The lowest BCUT2D eigenvalue weighted by atomic mass is 10.4. The molecule has 1 heterocycles. The zero-order valence-corrected chi connectivity index (χ0v) is 9.11. The third-order valence-corrected chi connectivity index (χ3v) is 1.55. The summed E-state index contributed by atoms with van der Waals surface area (Å²) in [5, 5.41) is 0. The van der Waals surface area contributed by atoms with Crippen molar-refractivity contribution in [2.45, 2.75) is 6.92 Å². The molecule has 0 unspecified atom stereocenters. The SMILES string of the molecule is C=C(C)C(=O)OCCOc1nc(=O)[nH]c(=O)[nH]1. The fourth-order valence-corrected chi connectivity index (χ4v) is 0.838. The van der Waals surface area contributed by atoms with E-state index in [9.17, 15) is 14.4 Å². The monoisotopic (exact) mass is 241 g/mol. The lowest BCUT2D eigenvalue weighted by Gasteiger charge is -2.05. The molecule has 0 saturated heterocycles. The highest BCUT2D eigenvalue weighted by atomic mass is 16.6. The maximum absolute atomic E-state index is 11.0. The van der Waals surface area contributed by atoms with Crippen LogP contribution in [0.4, 0.5) is 0 Å². The fraction of sp³-hybridized carbons (Fsp3) is 0.333. The molecule has 0 aliphatic heterocycles. The van der Waals surface area contributed by atoms with Gasteiger partial charge in [0.25, 0.3) is 0 Å². The van der Waals surface area contributed by atoms with Gasteiger partial charge in [0.05, 0.1) is 0 Å². The number of H-pyrrole nitrogens is 2. The summed E-state index contributed by atoms with van der Waals surface area (Å²) < 4.78 is 9.62. The predicted molar refractivity (Wildman–Crippen MR) is 56.7 cm³/mol. The van der Waals surface area contributed by atoms with Gasteiger partial charge in [-0.1, -0.05) is 6.58 Å². The Bertz CT molecular complexity index is 502. The molecule has 17 heavy (non-hydrogen) atoms. The van der Waals surface area contributed by atoms with Gasteiger partial charge in [-0.15, -0.1) is 4.98 Å². The van der Waals surface area contributed by atoms with Crippen molar-refractivity contribution in [1.82, 2.24) is 15.0 Å². The van der Waals surface area contributed by atoms with Gasteiger partial charge in [-0.05, 0) is 6.92 Å². The molecule has 0 radical (unpaired) electrons. The molecule has 1 rings (SSSR count). The summed E-state index contributed by atoms with van der Waals surface area (Å²) in [5.74, 6) is -0.541. The average molecular weight is 241 g/mol. The highest BCUT2D eigenvalue weighted by Gasteiger charge is 2.03. The van der Waals surface area contributed by atoms with Crippen LogP contribution in [0.1, 0.15) is 6.92 Å². The predicted octanol–water partition coefficient (Wildman–Crippen LogP) is -1.04. The fourth-order valence-electron chi connectivity index (χ4n) is 0.838. The van der Waals surface area contributed by atoms with E-state index in [0.717, 1.165) is 0 Å². The Morgan fingerprint density at radius 3 is 2.65 bits per heavy atom. The number of ether oxygens (including phenoxy) is 2. The molecule has 0 saturated carbocycles. The molecule has 0 spiro atoms. The van der Waals surface area contributed by atoms with Crippen molar-refractivity contribution in [3.63, 3.8) is 0 Å². The number of carbonyl (C=O) groups is 1. The van der Waals surface area contributed by atoms with Crippen LogP contribution < -0.4 is 16.1 Å². The van der Waals surface area contributed by atoms with E-state index in [-0.39, 0.29) is 24.8 Å². The van der Waals surface area contributed by atoms with E-state index in [2.05, 4.69) is 16.5 Å². The number of nitrogens with zero attached hydrogens (tertiary/aromatic N) is 1. The number of hydrogen-bond donors (Lipinski definition) is 2. The molecule has 2 N–H and O–H groups in total. The molecule has 0 fully saturated rings. The molecule has 0 aromatic carbocycles. The Kier molecular flexibility index (Phi) is 4.21. The first kappa shape index (κ1) is 12.7. The Morgan fingerprint density at radius 2 is 2.06 bits per heavy atom. The quantitative estimate of drug-likeness (QED) is 0.386. The van der Waals surface area contributed by atoms with Crippen molar-refractivity contribution < 1.29 is 14.3 Å². The first-order chi connectivity index (χ1) is 7.99. The summed E-state index contributed by atoms with van der Waals surface area (Å²) in [6.45, 7) is 4.83. The van der Waals surface area contributed by atoms with Gasteiger partial charge < -0.3 is 9.47 Å². The normalized spacial score (nSPS) is 9.71. The number of aromatic amines is 2. The summed E-state index contributed by atoms with van der Waals surface area (Å²) in [5.41, 5.74) is -1.27. The molecule has 0 atom stereocenters. The van der Waals surface area contributed by atoms with Crippen molar-refractivity contribution in [2.24, 2.45) is 0 Å². The second-order valence-electron chi connectivity index (χ2n) is 3.07. The average Bonchev–Trinajstić information content (AvgIpc) is 2.22. The number of hydrogen-bond acceptors (Lipinski definition) is 6. The van der Waals surface area contributed by atoms with Gasteiger partial charge in [-0.25, -0.2) is 14.4 Å². The minimum Gasteiger partial charge on any atom is -0.461 e. The Morgan fingerprint density at radius 1 is 1.35 bits per heavy atom. The Balaban J connectivity index is 2.41. The maximum atomic E-state index is 11.0. The number of nitrogens with one attached hydrogen (secondary N) is 2. The van der Waals surface area contributed by atoms with E-state index in [1.54, 1.807) is 0 Å². The van der Waals surface area contributed by atoms with Crippen LogP contribution in [0, 0.1) is 0 Å². The van der Waals surface area contributed by atoms with Gasteiger partial charge in [-0.3, -0.25) is 9.97 Å². The second-order valence-corrected chi connectivity index (χ2v) is 3.07. The summed E-state index contributed by atoms with van der Waals surface area (Å²) in [6, 6.07) is -0.231. The van der Waals surface area contributed by atoms with Crippen LogP contribution in [-0.2, 0) is 9.53 Å². The van der Waals surface area contributed by atoms with Crippen molar-refractivity contribution in [3.05, 3.63) is 33.1 Å². The molecular formula is C9H11N3O5. The second kappa shape index (κ2) is 5.64. The molecule has 0 aliphatic rings. The first-order valence-corrected chi connectivity index (χ1v) is 4.65. The van der Waals surface area contributed by atoms with E-state index in [1.807, 2.05) is 4.98 Å². The highest BCUT2D eigenvalue weighted by Crippen LogP contribution is 1.94. The Hall–Kier alpha value is -2.38. The topological polar surface area (TPSA) is 114 Å². The summed E-state index contributed by atoms with van der Waals surface area (Å²) in [6.07, 6.45) is 0. The summed E-state index contributed by atoms with van der Waals surface area (Å²) in [4.78, 5) is 39.9. The van der Waals surface area contributed by atoms with Crippen LogP contribution in [0.3, 0.4) is 0 Å².